The molecule has 0 bridgehead atoms. The van der Waals surface area contributed by atoms with E-state index >= 15 is 0 Å². The zero-order valence-electron chi connectivity index (χ0n) is 20.6. The van der Waals surface area contributed by atoms with E-state index in [1.165, 1.54) is 7.11 Å². The SMILES string of the molecule is COC(=O)[C@@H](Nc1nc(CN2CCN(Cc3cccc(C#N)c3)CC2)nc2ccccc12)C(C)C. The molecule has 35 heavy (non-hydrogen) atoms. The Hall–Kier alpha value is -3.54. The van der Waals surface area contributed by atoms with Crippen LogP contribution in [0.1, 0.15) is 30.8 Å². The number of anilines is 1. The Bertz CT molecular complexity index is 1210. The van der Waals surface area contributed by atoms with Crippen molar-refractivity contribution in [1.29, 1.82) is 5.26 Å². The molecule has 2 aromatic carbocycles. The van der Waals surface area contributed by atoms with Gasteiger partial charge in [0.2, 0.25) is 0 Å². The van der Waals surface area contributed by atoms with Crippen LogP contribution in [0, 0.1) is 17.2 Å². The summed E-state index contributed by atoms with van der Waals surface area (Å²) in [4.78, 5) is 26.7. The van der Waals surface area contributed by atoms with E-state index in [9.17, 15) is 4.79 Å². The Kier molecular flexibility index (Phi) is 7.91. The molecule has 0 aliphatic carbocycles. The zero-order chi connectivity index (χ0) is 24.8. The van der Waals surface area contributed by atoms with Gasteiger partial charge in [-0.3, -0.25) is 9.80 Å². The quantitative estimate of drug-likeness (QED) is 0.499. The number of nitriles is 1. The number of esters is 1. The van der Waals surface area contributed by atoms with Gasteiger partial charge in [0.25, 0.3) is 0 Å². The predicted octanol–water partition coefficient (Wildman–Crippen LogP) is 3.43. The van der Waals surface area contributed by atoms with Crippen LogP contribution in [0.5, 0.6) is 0 Å². The molecule has 1 atom stereocenters. The van der Waals surface area contributed by atoms with Crippen LogP contribution < -0.4 is 5.32 Å². The smallest absolute Gasteiger partial charge is 0.328 e. The number of piperazine rings is 1. The summed E-state index contributed by atoms with van der Waals surface area (Å²) in [6.45, 7) is 9.14. The normalized spacial score (nSPS) is 15.6. The van der Waals surface area contributed by atoms with E-state index in [2.05, 4.69) is 27.3 Å². The number of fused-ring (bicyclic) bond motifs is 1. The van der Waals surface area contributed by atoms with Crippen molar-refractivity contribution in [3.05, 3.63) is 65.5 Å². The second kappa shape index (κ2) is 11.3. The Morgan fingerprint density at radius 1 is 1.06 bits per heavy atom. The van der Waals surface area contributed by atoms with Crippen LogP contribution in [0.25, 0.3) is 10.9 Å². The fourth-order valence-corrected chi connectivity index (χ4v) is 4.38. The largest absolute Gasteiger partial charge is 0.467 e. The Labute approximate surface area is 206 Å². The lowest BCUT2D eigenvalue weighted by Gasteiger charge is -2.34. The molecule has 1 aromatic heterocycles. The van der Waals surface area contributed by atoms with Crippen molar-refractivity contribution in [1.82, 2.24) is 19.8 Å². The van der Waals surface area contributed by atoms with Gasteiger partial charge in [0.05, 0.1) is 30.8 Å². The van der Waals surface area contributed by atoms with Crippen LogP contribution in [0.3, 0.4) is 0 Å². The molecule has 0 spiro atoms. The van der Waals surface area contributed by atoms with Crippen LogP contribution in [-0.2, 0) is 22.6 Å². The molecule has 0 unspecified atom stereocenters. The molecule has 0 amide bonds. The first-order valence-corrected chi connectivity index (χ1v) is 12.0. The van der Waals surface area contributed by atoms with E-state index in [1.807, 2.05) is 56.3 Å². The fraction of sp³-hybridized carbons (Fsp3) is 0.407. The van der Waals surface area contributed by atoms with Crippen LogP contribution >= 0.6 is 0 Å². The highest BCUT2D eigenvalue weighted by atomic mass is 16.5. The maximum absolute atomic E-state index is 12.3. The summed E-state index contributed by atoms with van der Waals surface area (Å²) in [5.41, 5.74) is 2.71. The minimum atomic E-state index is -0.491. The molecule has 1 aliphatic heterocycles. The highest BCUT2D eigenvalue weighted by Crippen LogP contribution is 2.23. The number of ether oxygens (including phenoxy) is 1. The number of benzene rings is 2. The number of hydrogen-bond acceptors (Lipinski definition) is 8. The van der Waals surface area contributed by atoms with Gasteiger partial charge in [-0.2, -0.15) is 5.26 Å². The summed E-state index contributed by atoms with van der Waals surface area (Å²) in [5.74, 6) is 1.13. The number of nitrogens with zero attached hydrogens (tertiary/aromatic N) is 5. The number of hydrogen-bond donors (Lipinski definition) is 1. The third-order valence-electron chi connectivity index (χ3n) is 6.36. The van der Waals surface area contributed by atoms with Crippen molar-refractivity contribution < 1.29 is 9.53 Å². The van der Waals surface area contributed by atoms with Crippen molar-refractivity contribution in [3.63, 3.8) is 0 Å². The molecule has 1 N–H and O–H groups in total. The first kappa shape index (κ1) is 24.6. The zero-order valence-corrected chi connectivity index (χ0v) is 20.6. The molecular weight excluding hydrogens is 440 g/mol. The molecule has 0 saturated carbocycles. The van der Waals surface area contributed by atoms with Gasteiger partial charge >= 0.3 is 5.97 Å². The maximum atomic E-state index is 12.3. The van der Waals surface area contributed by atoms with Crippen LogP contribution in [0.15, 0.2) is 48.5 Å². The monoisotopic (exact) mass is 472 g/mol. The van der Waals surface area contributed by atoms with E-state index in [0.29, 0.717) is 17.9 Å². The van der Waals surface area contributed by atoms with Gasteiger partial charge in [-0.25, -0.2) is 14.8 Å². The first-order valence-electron chi connectivity index (χ1n) is 12.0. The van der Waals surface area contributed by atoms with Crippen LogP contribution in [0.2, 0.25) is 0 Å². The highest BCUT2D eigenvalue weighted by Gasteiger charge is 2.25. The Balaban J connectivity index is 1.45. The topological polar surface area (TPSA) is 94.4 Å². The number of para-hydroxylation sites is 1. The van der Waals surface area contributed by atoms with Gasteiger partial charge in [-0.05, 0) is 35.7 Å². The lowest BCUT2D eigenvalue weighted by atomic mass is 10.0. The van der Waals surface area contributed by atoms with Gasteiger partial charge in [0.1, 0.15) is 17.7 Å². The maximum Gasteiger partial charge on any atom is 0.328 e. The second-order valence-electron chi connectivity index (χ2n) is 9.26. The molecule has 1 fully saturated rings. The number of rotatable bonds is 8. The summed E-state index contributed by atoms with van der Waals surface area (Å²) in [6.07, 6.45) is 0. The third-order valence-corrected chi connectivity index (χ3v) is 6.36. The summed E-state index contributed by atoms with van der Waals surface area (Å²) < 4.78 is 5.00. The predicted molar refractivity (Wildman–Crippen MR) is 136 cm³/mol. The van der Waals surface area contributed by atoms with Gasteiger partial charge in [0.15, 0.2) is 0 Å². The van der Waals surface area contributed by atoms with Gasteiger partial charge < -0.3 is 10.1 Å². The molecule has 2 heterocycles. The van der Waals surface area contributed by atoms with Gasteiger partial charge in [-0.1, -0.05) is 38.1 Å². The van der Waals surface area contributed by atoms with E-state index in [1.54, 1.807) is 0 Å². The van der Waals surface area contributed by atoms with Crippen molar-refractivity contribution in [2.24, 2.45) is 5.92 Å². The highest BCUT2D eigenvalue weighted by molar-refractivity contribution is 5.91. The number of methoxy groups -OCH3 is 1. The Morgan fingerprint density at radius 3 is 2.46 bits per heavy atom. The van der Waals surface area contributed by atoms with E-state index in [-0.39, 0.29) is 11.9 Å². The lowest BCUT2D eigenvalue weighted by molar-refractivity contribution is -0.142. The summed E-state index contributed by atoms with van der Waals surface area (Å²) in [6, 6.07) is 17.4. The van der Waals surface area contributed by atoms with E-state index < -0.39 is 6.04 Å². The molecule has 4 rings (SSSR count). The summed E-state index contributed by atoms with van der Waals surface area (Å²) in [7, 11) is 1.41. The number of nitrogens with one attached hydrogen (secondary N) is 1. The molecule has 8 nitrogen and oxygen atoms in total. The number of carbonyl (C=O) groups excluding carboxylic acids is 1. The minimum Gasteiger partial charge on any atom is -0.467 e. The summed E-state index contributed by atoms with van der Waals surface area (Å²) >= 11 is 0. The van der Waals surface area contributed by atoms with E-state index in [0.717, 1.165) is 55.0 Å². The number of aromatic nitrogens is 2. The molecule has 8 heteroatoms. The molecule has 0 radical (unpaired) electrons. The second-order valence-corrected chi connectivity index (χ2v) is 9.26. The molecular formula is C27H32N6O2. The fourth-order valence-electron chi connectivity index (χ4n) is 4.38. The Morgan fingerprint density at radius 2 is 1.77 bits per heavy atom. The molecule has 3 aromatic rings. The standard InChI is InChI=1S/C27H32N6O2/c1-19(2)25(27(34)35-3)31-26-22-9-4-5-10-23(22)29-24(30-26)18-33-13-11-32(12-14-33)17-21-8-6-7-20(15-21)16-28/h4-10,15,19,25H,11-14,17-18H2,1-3H3,(H,29,30,31)/t25-/m0/s1. The average molecular weight is 473 g/mol. The van der Waals surface area contributed by atoms with Crippen LogP contribution in [0.4, 0.5) is 5.82 Å². The van der Waals surface area contributed by atoms with Crippen LogP contribution in [-0.4, -0.2) is 65.1 Å². The van der Waals surface area contributed by atoms with E-state index in [4.69, 9.17) is 20.0 Å². The van der Waals surface area contributed by atoms with Crippen molar-refractivity contribution >= 4 is 22.7 Å². The minimum absolute atomic E-state index is 0.0431. The number of carbonyl (C=O) groups is 1. The summed E-state index contributed by atoms with van der Waals surface area (Å²) in [5, 5.41) is 13.3. The van der Waals surface area contributed by atoms with Crippen molar-refractivity contribution in [2.75, 3.05) is 38.6 Å². The van der Waals surface area contributed by atoms with Gasteiger partial charge in [-0.15, -0.1) is 0 Å². The molecule has 1 aliphatic rings. The molecule has 1 saturated heterocycles. The molecule has 182 valence electrons. The van der Waals surface area contributed by atoms with Crippen molar-refractivity contribution in [3.8, 4) is 6.07 Å². The first-order chi connectivity index (χ1) is 17.0. The average Bonchev–Trinajstić information content (AvgIpc) is 2.87. The van der Waals surface area contributed by atoms with Crippen molar-refractivity contribution in [2.45, 2.75) is 33.0 Å². The lowest BCUT2D eigenvalue weighted by Crippen LogP contribution is -2.45. The third kappa shape index (κ3) is 6.13. The van der Waals surface area contributed by atoms with Gasteiger partial charge in [0, 0.05) is 38.1 Å².